The van der Waals surface area contributed by atoms with Crippen molar-refractivity contribution in [1.82, 2.24) is 24.4 Å². The van der Waals surface area contributed by atoms with Gasteiger partial charge >= 0.3 is 17.7 Å². The molecule has 0 bridgehead atoms. The van der Waals surface area contributed by atoms with Crippen LogP contribution < -0.4 is 20.9 Å². The van der Waals surface area contributed by atoms with Gasteiger partial charge in [0.15, 0.2) is 11.5 Å². The third kappa shape index (κ3) is 6.12. The summed E-state index contributed by atoms with van der Waals surface area (Å²) in [6.07, 6.45) is 1.83. The highest BCUT2D eigenvalue weighted by atomic mass is 16.5. The SMILES string of the molecule is CCCCOc1nc(N)c2[nH]c(=O)n(CCN(CCO)Cc3cccc(OC(C)=O)c3C)c2n1. The Morgan fingerprint density at radius 2 is 2.09 bits per heavy atom. The van der Waals surface area contributed by atoms with Gasteiger partial charge in [0.1, 0.15) is 11.3 Å². The predicted octanol–water partition coefficient (Wildman–Crippen LogP) is 1.61. The number of aliphatic hydroxyl groups is 1. The Kier molecular flexibility index (Phi) is 8.61. The minimum atomic E-state index is -0.384. The van der Waals surface area contributed by atoms with Crippen molar-refractivity contribution < 1.29 is 19.4 Å². The summed E-state index contributed by atoms with van der Waals surface area (Å²) < 4.78 is 12.3. The summed E-state index contributed by atoms with van der Waals surface area (Å²) in [5, 5.41) is 9.58. The third-order valence-electron chi connectivity index (χ3n) is 5.46. The number of esters is 1. The molecule has 11 nitrogen and oxygen atoms in total. The van der Waals surface area contributed by atoms with Gasteiger partial charge in [0.2, 0.25) is 0 Å². The molecule has 184 valence electrons. The van der Waals surface area contributed by atoms with Gasteiger partial charge in [-0.1, -0.05) is 25.5 Å². The lowest BCUT2D eigenvalue weighted by Crippen LogP contribution is -2.32. The number of anilines is 1. The maximum Gasteiger partial charge on any atom is 0.327 e. The number of aromatic amines is 1. The van der Waals surface area contributed by atoms with Crippen molar-refractivity contribution >= 4 is 23.0 Å². The Balaban J connectivity index is 1.80. The van der Waals surface area contributed by atoms with Gasteiger partial charge < -0.3 is 25.3 Å². The van der Waals surface area contributed by atoms with E-state index in [0.29, 0.717) is 49.7 Å². The minimum Gasteiger partial charge on any atom is -0.463 e. The highest BCUT2D eigenvalue weighted by Crippen LogP contribution is 2.23. The van der Waals surface area contributed by atoms with Crippen molar-refractivity contribution in [2.75, 3.05) is 32.0 Å². The summed E-state index contributed by atoms with van der Waals surface area (Å²) in [5.74, 6) is 0.271. The first-order valence-electron chi connectivity index (χ1n) is 11.3. The molecular formula is C23H32N6O5. The van der Waals surface area contributed by atoms with Gasteiger partial charge in [-0.15, -0.1) is 0 Å². The summed E-state index contributed by atoms with van der Waals surface area (Å²) in [7, 11) is 0. The molecule has 3 rings (SSSR count). The van der Waals surface area contributed by atoms with Crippen LogP contribution in [0, 0.1) is 6.92 Å². The fraction of sp³-hybridized carbons (Fsp3) is 0.478. The second-order valence-corrected chi connectivity index (χ2v) is 8.01. The highest BCUT2D eigenvalue weighted by molar-refractivity contribution is 5.81. The van der Waals surface area contributed by atoms with E-state index in [4.69, 9.17) is 15.2 Å². The second-order valence-electron chi connectivity index (χ2n) is 8.01. The zero-order valence-corrected chi connectivity index (χ0v) is 19.8. The molecule has 0 spiro atoms. The fourth-order valence-corrected chi connectivity index (χ4v) is 3.60. The van der Waals surface area contributed by atoms with E-state index >= 15 is 0 Å². The first-order valence-corrected chi connectivity index (χ1v) is 11.3. The first kappa shape index (κ1) is 25.2. The van der Waals surface area contributed by atoms with Crippen LogP contribution in [-0.4, -0.2) is 61.8 Å². The zero-order chi connectivity index (χ0) is 24.7. The minimum absolute atomic E-state index is 0.0456. The number of unbranched alkanes of at least 4 members (excludes halogenated alkanes) is 1. The van der Waals surface area contributed by atoms with Gasteiger partial charge in [0.25, 0.3) is 0 Å². The number of rotatable bonds is 12. The van der Waals surface area contributed by atoms with Crippen LogP contribution in [0.5, 0.6) is 11.8 Å². The molecule has 0 fully saturated rings. The van der Waals surface area contributed by atoms with Crippen molar-refractivity contribution in [3.63, 3.8) is 0 Å². The Morgan fingerprint density at radius 1 is 1.29 bits per heavy atom. The topological polar surface area (TPSA) is 149 Å². The first-order chi connectivity index (χ1) is 16.3. The molecule has 0 unspecified atom stereocenters. The maximum atomic E-state index is 12.6. The lowest BCUT2D eigenvalue weighted by molar-refractivity contribution is -0.131. The number of nitrogens with two attached hydrogens (primary N) is 1. The van der Waals surface area contributed by atoms with Gasteiger partial charge in [-0.25, -0.2) is 4.79 Å². The van der Waals surface area contributed by atoms with Gasteiger partial charge in [-0.3, -0.25) is 14.3 Å². The van der Waals surface area contributed by atoms with Crippen molar-refractivity contribution in [2.45, 2.75) is 46.7 Å². The van der Waals surface area contributed by atoms with E-state index in [0.717, 1.165) is 24.0 Å². The number of imidazole rings is 1. The molecule has 3 aromatic rings. The fourth-order valence-electron chi connectivity index (χ4n) is 3.60. The van der Waals surface area contributed by atoms with Gasteiger partial charge in [-0.05, 0) is 30.5 Å². The van der Waals surface area contributed by atoms with Crippen LogP contribution in [0.4, 0.5) is 5.82 Å². The molecule has 0 amide bonds. The van der Waals surface area contributed by atoms with Crippen molar-refractivity contribution in [3.8, 4) is 11.8 Å². The highest BCUT2D eigenvalue weighted by Gasteiger charge is 2.17. The third-order valence-corrected chi connectivity index (χ3v) is 5.46. The molecule has 0 aliphatic heterocycles. The number of carbonyl (C=O) groups excluding carboxylic acids is 1. The number of hydrogen-bond donors (Lipinski definition) is 3. The van der Waals surface area contributed by atoms with Crippen molar-refractivity contribution in [1.29, 1.82) is 0 Å². The van der Waals surface area contributed by atoms with Gasteiger partial charge in [-0.2, -0.15) is 9.97 Å². The standard InChI is InChI=1S/C23H32N6O5/c1-4-5-13-33-22-26-20(24)19-21(27-22)29(23(32)25-19)10-9-28(11-12-30)14-17-7-6-8-18(15(17)2)34-16(3)31/h6-8,30H,4-5,9-14H2,1-3H3,(H,25,32)(H2,24,26,27). The van der Waals surface area contributed by atoms with Crippen LogP contribution in [0.15, 0.2) is 23.0 Å². The van der Waals surface area contributed by atoms with E-state index in [1.807, 2.05) is 24.0 Å². The van der Waals surface area contributed by atoms with Crippen LogP contribution in [0.1, 0.15) is 37.8 Å². The van der Waals surface area contributed by atoms with Gasteiger partial charge in [0, 0.05) is 33.1 Å². The molecule has 0 aliphatic rings. The van der Waals surface area contributed by atoms with E-state index in [-0.39, 0.29) is 30.1 Å². The summed E-state index contributed by atoms with van der Waals surface area (Å²) in [6.45, 7) is 7.39. The number of nitrogens with one attached hydrogen (secondary N) is 1. The Bertz CT molecular complexity index is 1190. The van der Waals surface area contributed by atoms with Crippen LogP contribution in [0.25, 0.3) is 11.2 Å². The molecule has 2 aromatic heterocycles. The lowest BCUT2D eigenvalue weighted by atomic mass is 10.1. The number of aromatic nitrogens is 4. The van der Waals surface area contributed by atoms with Crippen LogP contribution in [-0.2, 0) is 17.9 Å². The number of fused-ring (bicyclic) bond motifs is 1. The largest absolute Gasteiger partial charge is 0.463 e. The molecule has 0 aliphatic carbocycles. The van der Waals surface area contributed by atoms with Crippen LogP contribution in [0.2, 0.25) is 0 Å². The molecule has 4 N–H and O–H groups in total. The number of nitrogens with zero attached hydrogens (tertiary/aromatic N) is 4. The normalized spacial score (nSPS) is 11.3. The number of carbonyl (C=O) groups is 1. The maximum absolute atomic E-state index is 12.6. The van der Waals surface area contributed by atoms with E-state index < -0.39 is 0 Å². The smallest absolute Gasteiger partial charge is 0.327 e. The van der Waals surface area contributed by atoms with Crippen LogP contribution >= 0.6 is 0 Å². The molecule has 0 atom stereocenters. The molecule has 0 saturated heterocycles. The molecule has 11 heteroatoms. The van der Waals surface area contributed by atoms with E-state index in [1.165, 1.54) is 11.5 Å². The average Bonchev–Trinajstić information content (AvgIpc) is 3.10. The Morgan fingerprint density at radius 3 is 2.79 bits per heavy atom. The number of benzene rings is 1. The molecule has 0 radical (unpaired) electrons. The number of nitrogen functional groups attached to an aromatic ring is 1. The second kappa shape index (κ2) is 11.6. The monoisotopic (exact) mass is 472 g/mol. The molecular weight excluding hydrogens is 440 g/mol. The molecule has 1 aromatic carbocycles. The quantitative estimate of drug-likeness (QED) is 0.203. The lowest BCUT2D eigenvalue weighted by Gasteiger charge is -2.23. The van der Waals surface area contributed by atoms with Crippen molar-refractivity contribution in [2.24, 2.45) is 0 Å². The predicted molar refractivity (Wildman–Crippen MR) is 128 cm³/mol. The molecule has 34 heavy (non-hydrogen) atoms. The summed E-state index contributed by atoms with van der Waals surface area (Å²) in [5.41, 5.74) is 8.22. The number of hydrogen-bond acceptors (Lipinski definition) is 9. The molecule has 2 heterocycles. The number of ether oxygens (including phenoxy) is 2. The summed E-state index contributed by atoms with van der Waals surface area (Å²) in [4.78, 5) is 37.2. The molecule has 0 saturated carbocycles. The Hall–Kier alpha value is -3.44. The zero-order valence-electron chi connectivity index (χ0n) is 19.8. The summed E-state index contributed by atoms with van der Waals surface area (Å²) in [6, 6.07) is 5.64. The van der Waals surface area contributed by atoms with E-state index in [9.17, 15) is 14.7 Å². The Labute approximate surface area is 197 Å². The van der Waals surface area contributed by atoms with Gasteiger partial charge in [0.05, 0.1) is 13.2 Å². The average molecular weight is 473 g/mol. The number of aliphatic hydroxyl groups excluding tert-OH is 1. The van der Waals surface area contributed by atoms with E-state index in [1.54, 1.807) is 6.07 Å². The number of H-pyrrole nitrogens is 1. The van der Waals surface area contributed by atoms with Crippen LogP contribution in [0.3, 0.4) is 0 Å². The summed E-state index contributed by atoms with van der Waals surface area (Å²) >= 11 is 0. The van der Waals surface area contributed by atoms with Crippen molar-refractivity contribution in [3.05, 3.63) is 39.8 Å². The van der Waals surface area contributed by atoms with E-state index in [2.05, 4.69) is 21.9 Å².